The van der Waals surface area contributed by atoms with Crippen molar-refractivity contribution in [3.63, 3.8) is 0 Å². The number of amides is 7. The summed E-state index contributed by atoms with van der Waals surface area (Å²) in [6.45, 7) is -3.81. The average Bonchev–Trinajstić information content (AvgIpc) is 1.65. The number of imidazole rings is 2. The molecule has 0 aliphatic heterocycles. The fraction of sp³-hybridized carbons (Fsp3) is 0.575. The SMILES string of the molecule is CC(=O)[C@H](CCCCN)NCC(=O)CN(C[C@H](CCCCNC(=N)N)NC(=O)CN(CCNC(=O)CN(C[C@H](CCCCNC(=N)N)NCC(=O)CN(C[C@H](CCCCNC(=N)N)NC(=O)[C@@H](N)CCCCN)C(=O)Cn1cnc2c(=O)[nH]c(N)nc21)C(=O)Cn1ccc(N)nc1=O)C(=O)Cn1cc(C)c(N)nc1=O)C(=O)Cn1cnc2c(=O)[nH]c(N)nc21. The van der Waals surface area contributed by atoms with E-state index < -0.39 is 178 Å². The number of nitrogens with two attached hydrogens (primary N) is 10. The summed E-state index contributed by atoms with van der Waals surface area (Å²) in [6.07, 6.45) is 10.5. The van der Waals surface area contributed by atoms with Crippen molar-refractivity contribution in [2.45, 2.75) is 167 Å². The molecule has 33 N–H and O–H groups in total. The molecule has 6 aromatic heterocycles. The molecule has 0 saturated carbocycles. The van der Waals surface area contributed by atoms with Crippen LogP contribution in [0.1, 0.15) is 109 Å². The highest BCUT2D eigenvalue weighted by molar-refractivity contribution is 5.91. The predicted molar refractivity (Wildman–Crippen MR) is 458 cm³/mol. The normalized spacial score (nSPS) is 12.4. The number of anilines is 4. The summed E-state index contributed by atoms with van der Waals surface area (Å²) in [5.41, 5.74) is 54.6. The van der Waals surface area contributed by atoms with Gasteiger partial charge < -0.3 is 129 Å². The quantitative estimate of drug-likeness (QED) is 0.00958. The lowest BCUT2D eigenvalue weighted by Gasteiger charge is -2.30. The van der Waals surface area contributed by atoms with Crippen LogP contribution in [0.4, 0.5) is 23.5 Å². The first kappa shape index (κ1) is 99.4. The Morgan fingerprint density at radius 2 is 0.927 bits per heavy atom. The molecule has 0 radical (unpaired) electrons. The predicted octanol–water partition coefficient (Wildman–Crippen LogP) is -9.01. The third-order valence-electron chi connectivity index (χ3n) is 19.6. The Bertz CT molecular complexity index is 4920. The maximum Gasteiger partial charge on any atom is 0.349 e. The molecule has 0 aromatic carbocycles. The molecule has 5 atom stereocenters. The Morgan fingerprint density at radius 1 is 0.492 bits per heavy atom. The second kappa shape index (κ2) is 50.7. The number of H-pyrrole nitrogens is 2. The number of guanidine groups is 3. The minimum Gasteiger partial charge on any atom is -0.383 e. The van der Waals surface area contributed by atoms with Gasteiger partial charge in [-0.15, -0.1) is 0 Å². The van der Waals surface area contributed by atoms with Gasteiger partial charge in [0.15, 0.2) is 51.8 Å². The van der Waals surface area contributed by atoms with Gasteiger partial charge in [0.25, 0.3) is 11.1 Å². The van der Waals surface area contributed by atoms with E-state index in [1.54, 1.807) is 0 Å². The van der Waals surface area contributed by atoms with E-state index in [9.17, 15) is 67.1 Å². The highest BCUT2D eigenvalue weighted by atomic mass is 16.2. The number of hydrogen-bond donors (Lipinski definition) is 23. The molecule has 7 amide bonds. The summed E-state index contributed by atoms with van der Waals surface area (Å²) in [5.74, 6) is -8.59. The highest BCUT2D eigenvalue weighted by Gasteiger charge is 2.31. The van der Waals surface area contributed by atoms with Crippen molar-refractivity contribution >= 4 is 122 Å². The lowest BCUT2D eigenvalue weighted by Crippen LogP contribution is -2.53. The third kappa shape index (κ3) is 34.2. The van der Waals surface area contributed by atoms with Crippen molar-refractivity contribution < 1.29 is 47.9 Å². The zero-order valence-corrected chi connectivity index (χ0v) is 69.8. The third-order valence-corrected chi connectivity index (χ3v) is 19.6. The second-order valence-electron chi connectivity index (χ2n) is 29.8. The molecule has 0 saturated heterocycles. The van der Waals surface area contributed by atoms with Crippen molar-refractivity contribution in [1.29, 1.82) is 16.2 Å². The smallest absolute Gasteiger partial charge is 0.349 e. The number of nitrogen functional groups attached to an aromatic ring is 4. The summed E-state index contributed by atoms with van der Waals surface area (Å²) < 4.78 is 4.37. The number of rotatable bonds is 58. The molecule has 6 rings (SSSR count). The topological polar surface area (TPSA) is 809 Å². The molecule has 0 bridgehead atoms. The maximum atomic E-state index is 14.8. The number of nitrogens with zero attached hydrogens (tertiary/aromatic N) is 14. The Hall–Kier alpha value is -13.4. The number of fused-ring (bicyclic) bond motifs is 2. The molecule has 51 heteroatoms. The number of ketones is 3. The molecule has 0 spiro atoms. The van der Waals surface area contributed by atoms with E-state index in [1.165, 1.54) is 59.0 Å². The van der Waals surface area contributed by atoms with Crippen LogP contribution in [0.2, 0.25) is 0 Å². The molecule has 6 aromatic rings. The van der Waals surface area contributed by atoms with E-state index in [2.05, 4.69) is 82.4 Å². The van der Waals surface area contributed by atoms with Crippen LogP contribution in [0.25, 0.3) is 22.3 Å². The highest BCUT2D eigenvalue weighted by Crippen LogP contribution is 2.16. The van der Waals surface area contributed by atoms with Gasteiger partial charge in [-0.05, 0) is 110 Å². The molecule has 0 aliphatic rings. The number of carbonyl (C=O) groups is 10. The van der Waals surface area contributed by atoms with Gasteiger partial charge in [0.1, 0.15) is 43.6 Å². The lowest BCUT2D eigenvalue weighted by atomic mass is 10.1. The molecule has 0 unspecified atom stereocenters. The molecular weight excluding hydrogens is 1620 g/mol. The van der Waals surface area contributed by atoms with Gasteiger partial charge in [0.2, 0.25) is 53.2 Å². The molecule has 124 heavy (non-hydrogen) atoms. The van der Waals surface area contributed by atoms with Gasteiger partial charge in [0.05, 0.1) is 64.0 Å². The van der Waals surface area contributed by atoms with Crippen molar-refractivity contribution in [3.05, 3.63) is 78.4 Å². The standard InChI is InChI=1S/C73H119N37O14/c1-43-29-108(73(124)98-61(43)78)38-55(116)103(36-54(115)95-46(14-6-11-22-89-68(81)82)31-105(34-49(113)28-92-51(44(2)111)17-4-9-20-75)57(118)39-109-41-93-59-62(109)99-70(85)101-65(59)121)26-24-87-53(114)35-107(56(117)37-104-25-18-52(77)97-72(104)123)30-45(13-5-10-21-88-67(79)80)91-27-48(112)33-106(58(119)40-110-42-94-60-63(110)100-71(86)102-66(60)122)32-47(15-7-12-23-90-69(83)84)96-64(120)50(76)16-3-8-19-74/h18,25,29,41-42,45-47,50-51,91-92H,3-17,19-24,26-28,30-40,74-76H2,1-2H3,(H,87,114)(H,95,115)(H,96,120)(H2,77,97,123)(H2,78,98,124)(H4,79,80,88)(H4,81,82,89)(H4,83,84,90)(H3,85,99,101,121)(H3,86,100,102,122)/t45-,46-,47-,50-,51-/m0/s1. The summed E-state index contributed by atoms with van der Waals surface area (Å²) in [7, 11) is 0. The van der Waals surface area contributed by atoms with E-state index in [0.29, 0.717) is 95.8 Å². The van der Waals surface area contributed by atoms with Crippen LogP contribution in [0.5, 0.6) is 0 Å². The van der Waals surface area contributed by atoms with E-state index in [1.807, 2.05) is 0 Å². The van der Waals surface area contributed by atoms with Gasteiger partial charge in [-0.3, -0.25) is 92.9 Å². The van der Waals surface area contributed by atoms with Gasteiger partial charge in [-0.2, -0.15) is 19.9 Å². The van der Waals surface area contributed by atoms with E-state index >= 15 is 0 Å². The number of Topliss-reactive ketones (excluding diaryl/α,β-unsaturated/α-hetero) is 3. The maximum absolute atomic E-state index is 14.8. The van der Waals surface area contributed by atoms with Crippen molar-refractivity contribution in [2.75, 3.05) is 128 Å². The lowest BCUT2D eigenvalue weighted by molar-refractivity contribution is -0.138. The van der Waals surface area contributed by atoms with Gasteiger partial charge in [-0.25, -0.2) is 19.6 Å². The number of carbonyl (C=O) groups excluding carboxylic acids is 10. The van der Waals surface area contributed by atoms with Crippen LogP contribution in [0.3, 0.4) is 0 Å². The van der Waals surface area contributed by atoms with Crippen molar-refractivity contribution in [2.24, 2.45) is 34.4 Å². The fourth-order valence-electron chi connectivity index (χ4n) is 13.1. The van der Waals surface area contributed by atoms with Gasteiger partial charge >= 0.3 is 11.4 Å². The zero-order chi connectivity index (χ0) is 91.1. The number of unbranched alkanes of at least 4 members (excludes halogenated alkanes) is 5. The Kier molecular flexibility index (Phi) is 40.7. The average molecular weight is 1740 g/mol. The van der Waals surface area contributed by atoms with E-state index in [-0.39, 0.29) is 134 Å². The largest absolute Gasteiger partial charge is 0.383 e. The van der Waals surface area contributed by atoms with Gasteiger partial charge in [-0.1, -0.05) is 19.3 Å². The van der Waals surface area contributed by atoms with Crippen LogP contribution in [-0.2, 0) is 74.1 Å². The minimum absolute atomic E-state index is 0.0538. The number of aryl methyl sites for hydroxylation is 1. The zero-order valence-electron chi connectivity index (χ0n) is 69.8. The summed E-state index contributed by atoms with van der Waals surface area (Å²) in [5, 5.41) is 45.8. The van der Waals surface area contributed by atoms with Crippen LogP contribution in [0, 0.1) is 23.2 Å². The van der Waals surface area contributed by atoms with Crippen molar-refractivity contribution in [3.8, 4) is 0 Å². The first-order chi connectivity index (χ1) is 59.0. The van der Waals surface area contributed by atoms with Crippen LogP contribution >= 0.6 is 0 Å². The Morgan fingerprint density at radius 3 is 1.43 bits per heavy atom. The first-order valence-corrected chi connectivity index (χ1v) is 40.5. The second-order valence-corrected chi connectivity index (χ2v) is 29.8. The first-order valence-electron chi connectivity index (χ1n) is 40.5. The number of hydrogen-bond acceptors (Lipinski definition) is 32. The Labute approximate surface area is 711 Å². The van der Waals surface area contributed by atoms with Crippen LogP contribution in [0.15, 0.2) is 50.3 Å². The van der Waals surface area contributed by atoms with Gasteiger partial charge in [0, 0.05) is 88.4 Å². The summed E-state index contributed by atoms with van der Waals surface area (Å²) in [4.78, 5) is 229. The summed E-state index contributed by atoms with van der Waals surface area (Å²) >= 11 is 0. The number of aromatic nitrogens is 12. The Balaban J connectivity index is 1.31. The molecule has 0 aliphatic carbocycles. The minimum atomic E-state index is -1.04. The molecule has 680 valence electrons. The molecule has 51 nitrogen and oxygen atoms in total. The fourth-order valence-corrected chi connectivity index (χ4v) is 13.1. The number of aromatic amines is 2. The molecule has 0 fully saturated rings. The van der Waals surface area contributed by atoms with Crippen LogP contribution < -0.4 is 122 Å². The number of nitrogens with one attached hydrogen (secondary N) is 13. The molecule has 6 heterocycles. The molecular formula is C73H119N37O14. The van der Waals surface area contributed by atoms with Crippen molar-refractivity contribution in [1.82, 2.24) is 120 Å². The summed E-state index contributed by atoms with van der Waals surface area (Å²) in [6, 6.07) is -3.22. The van der Waals surface area contributed by atoms with Crippen LogP contribution in [-0.4, -0.2) is 289 Å². The van der Waals surface area contributed by atoms with E-state index in [4.69, 9.17) is 73.6 Å². The van der Waals surface area contributed by atoms with E-state index in [0.717, 1.165) is 23.8 Å². The monoisotopic (exact) mass is 1740 g/mol.